The van der Waals surface area contributed by atoms with Crippen LogP contribution in [0.2, 0.25) is 0 Å². The van der Waals surface area contributed by atoms with Crippen LogP contribution in [0.5, 0.6) is 5.75 Å². The van der Waals surface area contributed by atoms with Gasteiger partial charge in [-0.05, 0) is 43.9 Å². The van der Waals surface area contributed by atoms with E-state index in [0.29, 0.717) is 28.7 Å². The first-order chi connectivity index (χ1) is 16.2. The van der Waals surface area contributed by atoms with Crippen molar-refractivity contribution in [3.63, 3.8) is 0 Å². The zero-order valence-corrected chi connectivity index (χ0v) is 18.2. The number of hydrogen-bond acceptors (Lipinski definition) is 6. The maximum atomic E-state index is 12.9. The molecule has 9 heteroatoms. The number of rotatable bonds is 5. The third-order valence-electron chi connectivity index (χ3n) is 5.96. The van der Waals surface area contributed by atoms with Crippen molar-refractivity contribution >= 4 is 34.6 Å². The lowest BCUT2D eigenvalue weighted by Gasteiger charge is -2.14. The van der Waals surface area contributed by atoms with Crippen molar-refractivity contribution in [2.45, 2.75) is 51.0 Å². The van der Waals surface area contributed by atoms with Gasteiger partial charge in [-0.1, -0.05) is 19.3 Å². The Hall–Kier alpha value is -3.75. The minimum atomic E-state index is -0.272. The number of imidazole rings is 1. The van der Waals surface area contributed by atoms with Crippen molar-refractivity contribution < 1.29 is 14.3 Å². The van der Waals surface area contributed by atoms with Crippen LogP contribution in [-0.2, 0) is 4.79 Å². The molecule has 1 amide bonds. The van der Waals surface area contributed by atoms with E-state index in [1.54, 1.807) is 35.2 Å². The minimum absolute atomic E-state index is 0.185. The molecule has 170 valence electrons. The van der Waals surface area contributed by atoms with Crippen molar-refractivity contribution in [2.75, 3.05) is 5.32 Å². The quantitative estimate of drug-likeness (QED) is 0.445. The summed E-state index contributed by atoms with van der Waals surface area (Å²) in [5.74, 6) is 1.19. The summed E-state index contributed by atoms with van der Waals surface area (Å²) in [5, 5.41) is 14.8. The molecule has 2 aliphatic carbocycles. The van der Waals surface area contributed by atoms with Crippen LogP contribution in [-0.4, -0.2) is 43.1 Å². The van der Waals surface area contributed by atoms with Crippen molar-refractivity contribution in [2.24, 2.45) is 5.92 Å². The number of nitrogens with zero attached hydrogens (tertiary/aromatic N) is 4. The van der Waals surface area contributed by atoms with E-state index < -0.39 is 0 Å². The Bertz CT molecular complexity index is 1270. The highest BCUT2D eigenvalue weighted by Gasteiger charge is 2.26. The first-order valence-electron chi connectivity index (χ1n) is 11.4. The second-order valence-corrected chi connectivity index (χ2v) is 8.55. The third-order valence-corrected chi connectivity index (χ3v) is 5.96. The van der Waals surface area contributed by atoms with Gasteiger partial charge in [-0.25, -0.2) is 4.98 Å². The molecule has 0 spiro atoms. The molecule has 2 aliphatic rings. The first-order valence-corrected chi connectivity index (χ1v) is 11.4. The van der Waals surface area contributed by atoms with Crippen LogP contribution in [0.15, 0.2) is 42.9 Å². The summed E-state index contributed by atoms with van der Waals surface area (Å²) < 4.78 is 7.49. The number of anilines is 1. The van der Waals surface area contributed by atoms with Crippen LogP contribution in [0.1, 0.15) is 55.3 Å². The number of aromatic amines is 1. The van der Waals surface area contributed by atoms with E-state index >= 15 is 0 Å². The maximum absolute atomic E-state index is 12.9. The average Bonchev–Trinajstić information content (AvgIpc) is 3.40. The van der Waals surface area contributed by atoms with E-state index in [9.17, 15) is 9.59 Å². The fourth-order valence-corrected chi connectivity index (χ4v) is 3.98. The number of carbonyl (C=O) groups excluding carboxylic acids is 2. The summed E-state index contributed by atoms with van der Waals surface area (Å²) in [6.07, 6.45) is 14.4. The van der Waals surface area contributed by atoms with Gasteiger partial charge in [0.25, 0.3) is 5.91 Å². The summed E-state index contributed by atoms with van der Waals surface area (Å²) in [6, 6.07) is 7.22. The number of aldehydes is 1. The fourth-order valence-electron chi connectivity index (χ4n) is 3.98. The molecule has 0 unspecified atom stereocenters. The summed E-state index contributed by atoms with van der Waals surface area (Å²) in [6.45, 7) is 0. The summed E-state index contributed by atoms with van der Waals surface area (Å²) in [5.41, 5.74) is 1.97. The van der Waals surface area contributed by atoms with E-state index in [4.69, 9.17) is 4.74 Å². The number of carbonyl (C=O) groups is 2. The van der Waals surface area contributed by atoms with E-state index in [-0.39, 0.29) is 12.0 Å². The third kappa shape index (κ3) is 4.87. The van der Waals surface area contributed by atoms with Gasteiger partial charge >= 0.3 is 0 Å². The van der Waals surface area contributed by atoms with Crippen LogP contribution in [0.3, 0.4) is 0 Å². The number of benzene rings is 1. The zero-order chi connectivity index (χ0) is 22.6. The number of H-pyrrole nitrogens is 1. The van der Waals surface area contributed by atoms with Gasteiger partial charge in [0.1, 0.15) is 12.0 Å². The lowest BCUT2D eigenvalue weighted by molar-refractivity contribution is -0.111. The maximum Gasteiger partial charge on any atom is 0.260 e. The van der Waals surface area contributed by atoms with Gasteiger partial charge in [0.15, 0.2) is 11.5 Å². The molecule has 9 nitrogen and oxygen atoms in total. The van der Waals surface area contributed by atoms with E-state index in [1.807, 2.05) is 12.1 Å². The van der Waals surface area contributed by atoms with Gasteiger partial charge < -0.3 is 14.8 Å². The Labute approximate surface area is 190 Å². The smallest absolute Gasteiger partial charge is 0.260 e. The Morgan fingerprint density at radius 1 is 1.15 bits per heavy atom. The van der Waals surface area contributed by atoms with E-state index in [1.165, 1.54) is 19.3 Å². The Kier molecular flexibility index (Phi) is 6.01. The molecule has 0 aliphatic heterocycles. The molecule has 0 bridgehead atoms. The van der Waals surface area contributed by atoms with Crippen LogP contribution in [0.4, 0.5) is 5.82 Å². The second-order valence-electron chi connectivity index (χ2n) is 8.55. The number of fused-ring (bicyclic) bond motifs is 2. The molecule has 0 radical (unpaired) electrons. The SMILES string of the molecule is O=C(Nc1cnc2cccnn12)c1cc2cn[nH]c2cc1OC1CC1.O=CC1CCCCC1. The average molecular weight is 447 g/mol. The van der Waals surface area contributed by atoms with Crippen molar-refractivity contribution in [3.05, 3.63) is 48.4 Å². The molecule has 2 N–H and O–H groups in total. The van der Waals surface area contributed by atoms with Gasteiger partial charge in [0.05, 0.1) is 29.6 Å². The highest BCUT2D eigenvalue weighted by atomic mass is 16.5. The summed E-state index contributed by atoms with van der Waals surface area (Å²) >= 11 is 0. The Morgan fingerprint density at radius 2 is 2.00 bits per heavy atom. The Balaban J connectivity index is 0.000000243. The number of amides is 1. The van der Waals surface area contributed by atoms with Gasteiger partial charge in [-0.2, -0.15) is 14.7 Å². The predicted octanol–water partition coefficient (Wildman–Crippen LogP) is 4.16. The molecule has 6 rings (SSSR count). The molecule has 3 heterocycles. The summed E-state index contributed by atoms with van der Waals surface area (Å²) in [7, 11) is 0. The fraction of sp³-hybridized carbons (Fsp3) is 0.375. The standard InChI is InChI=1S/C17H14N6O2.C7H12O/c24-17(21-16-9-18-15-2-1-5-20-23(15)16)12-6-10-8-19-22-13(10)7-14(12)25-11-3-4-11;8-6-7-4-2-1-3-5-7/h1-2,5-9,11H,3-4H2,(H,19,22)(H,21,24);6-7H,1-5H2. The topological polar surface area (TPSA) is 114 Å². The second kappa shape index (κ2) is 9.40. The molecule has 0 atom stereocenters. The van der Waals surface area contributed by atoms with Crippen LogP contribution in [0.25, 0.3) is 16.6 Å². The van der Waals surface area contributed by atoms with Crippen LogP contribution < -0.4 is 10.1 Å². The van der Waals surface area contributed by atoms with Crippen LogP contribution in [0, 0.1) is 5.92 Å². The lowest BCUT2D eigenvalue weighted by atomic mass is 9.91. The number of hydrogen-bond donors (Lipinski definition) is 2. The van der Waals surface area contributed by atoms with Gasteiger partial charge in [0.2, 0.25) is 0 Å². The van der Waals surface area contributed by atoms with Gasteiger partial charge in [-0.15, -0.1) is 0 Å². The van der Waals surface area contributed by atoms with E-state index in [0.717, 1.165) is 42.9 Å². The minimum Gasteiger partial charge on any atom is -0.490 e. The van der Waals surface area contributed by atoms with Crippen molar-refractivity contribution in [1.29, 1.82) is 0 Å². The van der Waals surface area contributed by atoms with E-state index in [2.05, 4.69) is 25.6 Å². The molecule has 33 heavy (non-hydrogen) atoms. The normalized spacial score (nSPS) is 16.2. The van der Waals surface area contributed by atoms with Crippen LogP contribution >= 0.6 is 0 Å². The molecule has 2 fully saturated rings. The highest BCUT2D eigenvalue weighted by molar-refractivity contribution is 6.08. The molecule has 3 aromatic heterocycles. The largest absolute Gasteiger partial charge is 0.490 e. The molecular formula is C24H26N6O3. The lowest BCUT2D eigenvalue weighted by Crippen LogP contribution is -2.15. The molecule has 4 aromatic rings. The summed E-state index contributed by atoms with van der Waals surface area (Å²) in [4.78, 5) is 27.2. The zero-order valence-electron chi connectivity index (χ0n) is 18.2. The predicted molar refractivity (Wildman–Crippen MR) is 123 cm³/mol. The number of nitrogens with one attached hydrogen (secondary N) is 2. The number of ether oxygens (including phenoxy) is 1. The number of aromatic nitrogens is 5. The molecule has 0 saturated heterocycles. The molecular weight excluding hydrogens is 420 g/mol. The van der Waals surface area contributed by atoms with Gasteiger partial charge in [-0.3, -0.25) is 9.89 Å². The van der Waals surface area contributed by atoms with Crippen molar-refractivity contribution in [3.8, 4) is 5.75 Å². The first kappa shape index (κ1) is 21.1. The molecule has 2 saturated carbocycles. The van der Waals surface area contributed by atoms with Crippen molar-refractivity contribution in [1.82, 2.24) is 24.8 Å². The Morgan fingerprint density at radius 3 is 2.76 bits per heavy atom. The highest BCUT2D eigenvalue weighted by Crippen LogP contribution is 2.32. The van der Waals surface area contributed by atoms with Gasteiger partial charge in [0, 0.05) is 23.6 Å². The molecule has 1 aromatic carbocycles. The monoisotopic (exact) mass is 446 g/mol.